The zero-order valence-corrected chi connectivity index (χ0v) is 23.8. The number of amides is 5. The molecule has 0 bridgehead atoms. The lowest BCUT2D eigenvalue weighted by Crippen LogP contribution is -2.50. The van der Waals surface area contributed by atoms with E-state index in [1.165, 1.54) is 0 Å². The van der Waals surface area contributed by atoms with Crippen LogP contribution in [0, 0.1) is 5.92 Å². The van der Waals surface area contributed by atoms with Crippen LogP contribution in [0.5, 0.6) is 0 Å². The summed E-state index contributed by atoms with van der Waals surface area (Å²) in [6.07, 6.45) is -0.267. The predicted octanol–water partition coefficient (Wildman–Crippen LogP) is 3.84. The largest absolute Gasteiger partial charge is 0.450 e. The first-order chi connectivity index (χ1) is 20.8. The van der Waals surface area contributed by atoms with Gasteiger partial charge >= 0.3 is 6.09 Å². The van der Waals surface area contributed by atoms with Crippen LogP contribution in [0.15, 0.2) is 78.9 Å². The molecule has 2 saturated heterocycles. The van der Waals surface area contributed by atoms with Gasteiger partial charge in [-0.1, -0.05) is 30.3 Å². The summed E-state index contributed by atoms with van der Waals surface area (Å²) in [5.74, 6) is -1.51. The van der Waals surface area contributed by atoms with Crippen molar-refractivity contribution in [1.29, 1.82) is 0 Å². The van der Waals surface area contributed by atoms with Gasteiger partial charge in [-0.05, 0) is 55.5 Å². The number of rotatable bonds is 7. The molecule has 3 aromatic carbocycles. The Kier molecular flexibility index (Phi) is 8.99. The first kappa shape index (κ1) is 29.3. The van der Waals surface area contributed by atoms with Crippen LogP contribution in [0.3, 0.4) is 0 Å². The fourth-order valence-corrected chi connectivity index (χ4v) is 5.14. The topological polar surface area (TPSA) is 128 Å². The zero-order chi connectivity index (χ0) is 30.3. The molecule has 0 spiro atoms. The summed E-state index contributed by atoms with van der Waals surface area (Å²) >= 11 is 0. The molecule has 11 heteroatoms. The van der Waals surface area contributed by atoms with Gasteiger partial charge in [-0.3, -0.25) is 19.2 Å². The van der Waals surface area contributed by atoms with Gasteiger partial charge in [0.1, 0.15) is 0 Å². The number of carbonyl (C=O) groups excluding carboxylic acids is 5. The number of hydrogen-bond acceptors (Lipinski definition) is 6. The molecule has 0 saturated carbocycles. The molecule has 222 valence electrons. The van der Waals surface area contributed by atoms with Crippen LogP contribution in [0.4, 0.5) is 21.9 Å². The van der Waals surface area contributed by atoms with Crippen LogP contribution in [-0.2, 0) is 14.3 Å². The molecule has 2 heterocycles. The summed E-state index contributed by atoms with van der Waals surface area (Å²) in [5.41, 5.74) is 2.33. The number of piperazine rings is 1. The second-order valence-corrected chi connectivity index (χ2v) is 10.3. The van der Waals surface area contributed by atoms with E-state index in [4.69, 9.17) is 4.74 Å². The molecule has 11 nitrogen and oxygen atoms in total. The molecule has 2 aliphatic rings. The van der Waals surface area contributed by atoms with Crippen LogP contribution in [-0.4, -0.2) is 78.9 Å². The van der Waals surface area contributed by atoms with Crippen molar-refractivity contribution in [2.24, 2.45) is 5.92 Å². The Labute approximate surface area is 249 Å². The Hall–Kier alpha value is -5.19. The van der Waals surface area contributed by atoms with Gasteiger partial charge in [-0.2, -0.15) is 0 Å². The van der Waals surface area contributed by atoms with Crippen LogP contribution in [0.25, 0.3) is 0 Å². The fourth-order valence-electron chi connectivity index (χ4n) is 5.14. The summed E-state index contributed by atoms with van der Waals surface area (Å²) < 4.78 is 5.04. The highest BCUT2D eigenvalue weighted by molar-refractivity contribution is 6.09. The molecule has 1 atom stereocenters. The number of ether oxygens (including phenoxy) is 1. The number of benzene rings is 3. The van der Waals surface area contributed by atoms with Gasteiger partial charge < -0.3 is 30.1 Å². The highest BCUT2D eigenvalue weighted by Crippen LogP contribution is 2.26. The molecule has 0 radical (unpaired) electrons. The average Bonchev–Trinajstić information content (AvgIpc) is 3.43. The summed E-state index contributed by atoms with van der Waals surface area (Å²) in [5, 5.41) is 5.66. The van der Waals surface area contributed by atoms with Crippen molar-refractivity contribution in [3.8, 4) is 0 Å². The van der Waals surface area contributed by atoms with Crippen molar-refractivity contribution < 1.29 is 28.7 Å². The molecule has 2 fully saturated rings. The molecular formula is C32H33N5O6. The molecule has 2 N–H and O–H groups in total. The zero-order valence-electron chi connectivity index (χ0n) is 23.8. The van der Waals surface area contributed by atoms with Gasteiger partial charge in [-0.25, -0.2) is 4.79 Å². The number of anilines is 3. The van der Waals surface area contributed by atoms with E-state index in [0.29, 0.717) is 61.8 Å². The van der Waals surface area contributed by atoms with E-state index < -0.39 is 17.9 Å². The third-order valence-corrected chi connectivity index (χ3v) is 7.48. The minimum Gasteiger partial charge on any atom is -0.450 e. The van der Waals surface area contributed by atoms with E-state index >= 15 is 0 Å². The fraction of sp³-hybridized carbons (Fsp3) is 0.281. The van der Waals surface area contributed by atoms with Crippen molar-refractivity contribution in [2.75, 3.05) is 54.9 Å². The summed E-state index contributed by atoms with van der Waals surface area (Å²) in [7, 11) is 0. The maximum Gasteiger partial charge on any atom is 0.409 e. The lowest BCUT2D eigenvalue weighted by Gasteiger charge is -2.34. The second kappa shape index (κ2) is 13.2. The monoisotopic (exact) mass is 583 g/mol. The van der Waals surface area contributed by atoms with E-state index in [2.05, 4.69) is 10.6 Å². The third-order valence-electron chi connectivity index (χ3n) is 7.48. The smallest absolute Gasteiger partial charge is 0.409 e. The van der Waals surface area contributed by atoms with Crippen LogP contribution in [0.1, 0.15) is 34.1 Å². The molecule has 5 rings (SSSR count). The van der Waals surface area contributed by atoms with Crippen molar-refractivity contribution in [1.82, 2.24) is 9.80 Å². The third kappa shape index (κ3) is 6.83. The van der Waals surface area contributed by atoms with E-state index in [0.717, 1.165) is 5.69 Å². The number of nitrogens with zero attached hydrogens (tertiary/aromatic N) is 3. The van der Waals surface area contributed by atoms with Crippen molar-refractivity contribution in [3.05, 3.63) is 90.0 Å². The van der Waals surface area contributed by atoms with Crippen molar-refractivity contribution in [2.45, 2.75) is 13.3 Å². The van der Waals surface area contributed by atoms with Crippen LogP contribution < -0.4 is 15.5 Å². The Morgan fingerprint density at radius 2 is 1.47 bits per heavy atom. The lowest BCUT2D eigenvalue weighted by atomic mass is 10.1. The molecule has 0 aliphatic carbocycles. The van der Waals surface area contributed by atoms with E-state index in [1.807, 2.05) is 30.3 Å². The van der Waals surface area contributed by atoms with Crippen LogP contribution >= 0.6 is 0 Å². The van der Waals surface area contributed by atoms with Gasteiger partial charge in [0, 0.05) is 56.1 Å². The summed E-state index contributed by atoms with van der Waals surface area (Å²) in [6, 6.07) is 22.4. The lowest BCUT2D eigenvalue weighted by molar-refractivity contribution is -0.122. The van der Waals surface area contributed by atoms with Gasteiger partial charge in [0.15, 0.2) is 0 Å². The Morgan fingerprint density at radius 1 is 0.814 bits per heavy atom. The van der Waals surface area contributed by atoms with Gasteiger partial charge in [-0.15, -0.1) is 0 Å². The maximum absolute atomic E-state index is 13.3. The summed E-state index contributed by atoms with van der Waals surface area (Å²) in [4.78, 5) is 68.5. The Balaban J connectivity index is 1.17. The molecule has 1 unspecified atom stereocenters. The highest BCUT2D eigenvalue weighted by atomic mass is 16.6. The van der Waals surface area contributed by atoms with Gasteiger partial charge in [0.05, 0.1) is 23.8 Å². The van der Waals surface area contributed by atoms with E-state index in [-0.39, 0.29) is 24.1 Å². The number of para-hydroxylation sites is 2. The number of carbonyl (C=O) groups is 5. The van der Waals surface area contributed by atoms with Crippen molar-refractivity contribution in [3.63, 3.8) is 0 Å². The van der Waals surface area contributed by atoms with E-state index in [1.54, 1.807) is 70.2 Å². The standard InChI is InChI=1S/C32H33N5O6/c1-2-43-32(42)36-18-16-35(17-19-36)31(41)26-10-6-7-11-27(26)34-29(39)22-12-14-24(15-13-22)33-30(40)23-20-28(38)37(21-23)25-8-4-3-5-9-25/h3-15,23H,2,16-21H2,1H3,(H,33,40)(H,34,39). The number of nitrogens with one attached hydrogen (secondary N) is 2. The number of hydrogen-bond donors (Lipinski definition) is 2. The van der Waals surface area contributed by atoms with Crippen LogP contribution in [0.2, 0.25) is 0 Å². The molecule has 5 amide bonds. The van der Waals surface area contributed by atoms with Crippen molar-refractivity contribution >= 4 is 46.8 Å². The maximum atomic E-state index is 13.3. The quantitative estimate of drug-likeness (QED) is 0.435. The van der Waals surface area contributed by atoms with E-state index in [9.17, 15) is 24.0 Å². The predicted molar refractivity (Wildman–Crippen MR) is 161 cm³/mol. The van der Waals surface area contributed by atoms with Gasteiger partial charge in [0.2, 0.25) is 11.8 Å². The highest BCUT2D eigenvalue weighted by Gasteiger charge is 2.35. The second-order valence-electron chi connectivity index (χ2n) is 10.3. The minimum absolute atomic E-state index is 0.101. The SMILES string of the molecule is CCOC(=O)N1CCN(C(=O)c2ccccc2NC(=O)c2ccc(NC(=O)C3CC(=O)N(c4ccccc4)C3)cc2)CC1. The molecule has 2 aliphatic heterocycles. The Morgan fingerprint density at radius 3 is 2.16 bits per heavy atom. The van der Waals surface area contributed by atoms with Gasteiger partial charge in [0.25, 0.3) is 11.8 Å². The minimum atomic E-state index is -0.488. The molecular weight excluding hydrogens is 550 g/mol. The first-order valence-corrected chi connectivity index (χ1v) is 14.2. The Bertz CT molecular complexity index is 1500. The molecule has 43 heavy (non-hydrogen) atoms. The normalized spacial score (nSPS) is 16.5. The summed E-state index contributed by atoms with van der Waals surface area (Å²) in [6.45, 7) is 3.77. The molecule has 0 aromatic heterocycles. The molecule has 3 aromatic rings. The first-order valence-electron chi connectivity index (χ1n) is 14.2. The average molecular weight is 584 g/mol.